The summed E-state index contributed by atoms with van der Waals surface area (Å²) < 4.78 is 41.9. The van der Waals surface area contributed by atoms with Crippen LogP contribution in [0.5, 0.6) is 0 Å². The van der Waals surface area contributed by atoms with E-state index in [-0.39, 0.29) is 0 Å². The van der Waals surface area contributed by atoms with Crippen molar-refractivity contribution in [2.24, 2.45) is 17.6 Å². The minimum atomic E-state index is -4.48. The molecule has 0 bridgehead atoms. The smallest absolute Gasteiger partial charge is 0.387 e. The summed E-state index contributed by atoms with van der Waals surface area (Å²) in [4.78, 5) is 0. The molecule has 0 aliphatic heterocycles. The maximum atomic E-state index is 12.3. The fraction of sp³-hybridized carbons (Fsp3) is 0.900. The third kappa shape index (κ3) is 4.00. The topological polar surface area (TPSA) is 59.1 Å². The van der Waals surface area contributed by atoms with Crippen LogP contribution in [0, 0.1) is 17.2 Å². The third-order valence-electron chi connectivity index (χ3n) is 2.95. The lowest BCUT2D eigenvalue weighted by Gasteiger charge is -2.25. The van der Waals surface area contributed by atoms with E-state index < -0.39 is 24.5 Å². The molecule has 16 heavy (non-hydrogen) atoms. The van der Waals surface area contributed by atoms with Gasteiger partial charge in [-0.1, -0.05) is 19.3 Å². The zero-order chi connectivity index (χ0) is 12.2. The predicted octanol–water partition coefficient (Wildman–Crippen LogP) is 2.31. The molecule has 0 aromatic carbocycles. The fourth-order valence-electron chi connectivity index (χ4n) is 1.59. The van der Waals surface area contributed by atoms with Gasteiger partial charge in [0.1, 0.15) is 11.8 Å². The Morgan fingerprint density at radius 2 is 2.06 bits per heavy atom. The molecule has 1 fully saturated rings. The lowest BCUT2D eigenvalue weighted by molar-refractivity contribution is -0.168. The average Bonchev–Trinajstić information content (AvgIpc) is 2.04. The number of hydrogen-bond donors (Lipinski definition) is 2. The molecule has 6 heteroatoms. The molecule has 1 aliphatic carbocycles. The van der Waals surface area contributed by atoms with E-state index >= 15 is 0 Å². The molecule has 0 heterocycles. The van der Waals surface area contributed by atoms with Crippen molar-refractivity contribution in [1.82, 2.24) is 0 Å². The number of nitrogens with one attached hydrogen (secondary N) is 1. The van der Waals surface area contributed by atoms with E-state index in [4.69, 9.17) is 15.9 Å². The second-order valence-electron chi connectivity index (χ2n) is 4.21. The van der Waals surface area contributed by atoms with Crippen molar-refractivity contribution in [2.45, 2.75) is 31.9 Å². The molecule has 1 atom stereocenters. The van der Waals surface area contributed by atoms with Crippen LogP contribution in [0.15, 0.2) is 0 Å². The standard InChI is InChI=1S/C10H17F3N2O/c11-10(12,13)8(9(14)15)6-16-5-4-7-2-1-3-7/h7-8H,1-6H2,(H3,14,15). The van der Waals surface area contributed by atoms with Gasteiger partial charge in [-0.05, 0) is 12.3 Å². The Hall–Kier alpha value is -0.780. The number of rotatable bonds is 6. The lowest BCUT2D eigenvalue weighted by Crippen LogP contribution is -2.38. The number of ether oxygens (including phenoxy) is 1. The molecule has 0 amide bonds. The van der Waals surface area contributed by atoms with Crippen molar-refractivity contribution < 1.29 is 17.9 Å². The van der Waals surface area contributed by atoms with E-state index in [1.165, 1.54) is 6.42 Å². The molecule has 1 unspecified atom stereocenters. The first kappa shape index (κ1) is 13.3. The Kier molecular flexibility index (Phi) is 4.58. The molecular formula is C10H17F3N2O. The number of nitrogens with two attached hydrogens (primary N) is 1. The number of alkyl halides is 3. The van der Waals surface area contributed by atoms with Gasteiger partial charge >= 0.3 is 6.18 Å². The van der Waals surface area contributed by atoms with Gasteiger partial charge < -0.3 is 10.5 Å². The third-order valence-corrected chi connectivity index (χ3v) is 2.95. The van der Waals surface area contributed by atoms with Gasteiger partial charge in [0, 0.05) is 6.61 Å². The van der Waals surface area contributed by atoms with Crippen LogP contribution in [0.3, 0.4) is 0 Å². The molecule has 0 radical (unpaired) electrons. The van der Waals surface area contributed by atoms with Crippen molar-refractivity contribution in [1.29, 1.82) is 5.41 Å². The van der Waals surface area contributed by atoms with Crippen LogP contribution in [0.4, 0.5) is 13.2 Å². The highest BCUT2D eigenvalue weighted by Gasteiger charge is 2.42. The normalized spacial score (nSPS) is 19.2. The molecule has 1 saturated carbocycles. The van der Waals surface area contributed by atoms with E-state index in [0.717, 1.165) is 19.3 Å². The van der Waals surface area contributed by atoms with Crippen LogP contribution >= 0.6 is 0 Å². The summed E-state index contributed by atoms with van der Waals surface area (Å²) in [7, 11) is 0. The van der Waals surface area contributed by atoms with Gasteiger partial charge in [0.25, 0.3) is 0 Å². The molecule has 3 N–H and O–H groups in total. The van der Waals surface area contributed by atoms with Crippen LogP contribution in [-0.4, -0.2) is 25.2 Å². The molecule has 0 saturated heterocycles. The summed E-state index contributed by atoms with van der Waals surface area (Å²) in [6.07, 6.45) is -0.161. The van der Waals surface area contributed by atoms with E-state index in [2.05, 4.69) is 0 Å². The lowest BCUT2D eigenvalue weighted by atomic mass is 9.83. The van der Waals surface area contributed by atoms with Gasteiger partial charge in [-0.25, -0.2) is 0 Å². The summed E-state index contributed by atoms with van der Waals surface area (Å²) >= 11 is 0. The Bertz CT molecular complexity index is 239. The van der Waals surface area contributed by atoms with Crippen molar-refractivity contribution in [3.63, 3.8) is 0 Å². The highest BCUT2D eigenvalue weighted by Crippen LogP contribution is 2.30. The van der Waals surface area contributed by atoms with Crippen molar-refractivity contribution in [3.8, 4) is 0 Å². The second kappa shape index (κ2) is 5.52. The fourth-order valence-corrected chi connectivity index (χ4v) is 1.59. The largest absolute Gasteiger partial charge is 0.400 e. The van der Waals surface area contributed by atoms with Crippen LogP contribution in [0.2, 0.25) is 0 Å². The predicted molar refractivity (Wildman–Crippen MR) is 54.2 cm³/mol. The Morgan fingerprint density at radius 3 is 2.44 bits per heavy atom. The van der Waals surface area contributed by atoms with E-state index in [9.17, 15) is 13.2 Å². The highest BCUT2D eigenvalue weighted by atomic mass is 19.4. The maximum Gasteiger partial charge on any atom is 0.400 e. The highest BCUT2D eigenvalue weighted by molar-refractivity contribution is 5.80. The van der Waals surface area contributed by atoms with E-state index in [1.807, 2.05) is 0 Å². The van der Waals surface area contributed by atoms with Crippen LogP contribution in [0.1, 0.15) is 25.7 Å². The van der Waals surface area contributed by atoms with Crippen molar-refractivity contribution >= 4 is 5.84 Å². The molecular weight excluding hydrogens is 221 g/mol. The van der Waals surface area contributed by atoms with Gasteiger partial charge in [0.2, 0.25) is 0 Å². The summed E-state index contributed by atoms with van der Waals surface area (Å²) in [6, 6.07) is 0. The summed E-state index contributed by atoms with van der Waals surface area (Å²) in [5.41, 5.74) is 4.89. The number of halogens is 3. The number of amidine groups is 1. The van der Waals surface area contributed by atoms with Gasteiger partial charge in [-0.15, -0.1) is 0 Å². The van der Waals surface area contributed by atoms with Crippen LogP contribution in [0.25, 0.3) is 0 Å². The Balaban J connectivity index is 2.19. The Labute approximate surface area is 92.7 Å². The SMILES string of the molecule is N=C(N)C(COCCC1CCC1)C(F)(F)F. The van der Waals surface area contributed by atoms with Crippen LogP contribution in [-0.2, 0) is 4.74 Å². The van der Waals surface area contributed by atoms with Crippen molar-refractivity contribution in [2.75, 3.05) is 13.2 Å². The molecule has 94 valence electrons. The minimum absolute atomic E-state index is 0.324. The summed E-state index contributed by atoms with van der Waals surface area (Å²) in [5.74, 6) is -2.23. The van der Waals surface area contributed by atoms with E-state index in [1.54, 1.807) is 0 Å². The number of hydrogen-bond acceptors (Lipinski definition) is 2. The average molecular weight is 238 g/mol. The molecule has 1 rings (SSSR count). The zero-order valence-corrected chi connectivity index (χ0v) is 9.02. The van der Waals surface area contributed by atoms with Gasteiger partial charge in [-0.2, -0.15) is 13.2 Å². The quantitative estimate of drug-likeness (QED) is 0.424. The molecule has 3 nitrogen and oxygen atoms in total. The second-order valence-corrected chi connectivity index (χ2v) is 4.21. The molecule has 0 aromatic rings. The first-order chi connectivity index (χ1) is 7.41. The first-order valence-electron chi connectivity index (χ1n) is 5.39. The maximum absolute atomic E-state index is 12.3. The molecule has 1 aliphatic rings. The summed E-state index contributed by atoms with van der Waals surface area (Å²) in [5, 5.41) is 6.85. The Morgan fingerprint density at radius 1 is 1.44 bits per heavy atom. The van der Waals surface area contributed by atoms with Gasteiger partial charge in [-0.3, -0.25) is 5.41 Å². The summed E-state index contributed by atoms with van der Waals surface area (Å²) in [6.45, 7) is -0.212. The molecule has 0 aromatic heterocycles. The van der Waals surface area contributed by atoms with Crippen LogP contribution < -0.4 is 5.73 Å². The van der Waals surface area contributed by atoms with Gasteiger partial charge in [0.05, 0.1) is 6.61 Å². The first-order valence-corrected chi connectivity index (χ1v) is 5.39. The molecule has 0 spiro atoms. The monoisotopic (exact) mass is 238 g/mol. The van der Waals surface area contributed by atoms with Crippen molar-refractivity contribution in [3.05, 3.63) is 0 Å². The van der Waals surface area contributed by atoms with E-state index in [0.29, 0.717) is 12.5 Å². The van der Waals surface area contributed by atoms with Gasteiger partial charge in [0.15, 0.2) is 0 Å². The zero-order valence-electron chi connectivity index (χ0n) is 9.02. The minimum Gasteiger partial charge on any atom is -0.387 e.